The number of carbonyl (C=O) groups is 1. The molecule has 7 nitrogen and oxygen atoms in total. The number of rotatable bonds is 5. The molecule has 122 valence electrons. The van der Waals surface area contributed by atoms with Crippen molar-refractivity contribution < 1.29 is 14.3 Å². The first-order valence-corrected chi connectivity index (χ1v) is 7.56. The largest absolute Gasteiger partial charge is 0.492 e. The molecule has 1 aromatic heterocycles. The Bertz CT molecular complexity index is 686. The molecule has 3 rings (SSSR count). The van der Waals surface area contributed by atoms with Crippen molar-refractivity contribution in [2.24, 2.45) is 0 Å². The van der Waals surface area contributed by atoms with Gasteiger partial charge in [0, 0.05) is 0 Å². The van der Waals surface area contributed by atoms with E-state index in [1.807, 2.05) is 48.7 Å². The quantitative estimate of drug-likeness (QED) is 0.834. The molecule has 0 saturated carbocycles. The van der Waals surface area contributed by atoms with E-state index in [9.17, 15) is 4.79 Å². The lowest BCUT2D eigenvalue weighted by Gasteiger charge is -2.34. The van der Waals surface area contributed by atoms with Crippen molar-refractivity contribution in [3.05, 3.63) is 42.0 Å². The molecular formula is C16H20N4O3. The van der Waals surface area contributed by atoms with Gasteiger partial charge in [-0.25, -0.2) is 0 Å². The molecule has 0 radical (unpaired) electrons. The maximum Gasteiger partial charge on any atom is 0.248 e. The lowest BCUT2D eigenvalue weighted by atomic mass is 10.0. The highest BCUT2D eigenvalue weighted by atomic mass is 16.5. The number of ether oxygens (including phenoxy) is 2. The van der Waals surface area contributed by atoms with Crippen LogP contribution in [-0.4, -0.2) is 40.4 Å². The lowest BCUT2D eigenvalue weighted by Crippen LogP contribution is -2.53. The molecule has 0 fully saturated rings. The maximum atomic E-state index is 12.6. The summed E-state index contributed by atoms with van der Waals surface area (Å²) >= 11 is 0. The number of carbonyl (C=O) groups excluding carboxylic acids is 1. The Hall–Kier alpha value is -2.41. The van der Waals surface area contributed by atoms with E-state index in [1.54, 1.807) is 0 Å². The van der Waals surface area contributed by atoms with Crippen LogP contribution in [0, 0.1) is 6.92 Å². The Kier molecular flexibility index (Phi) is 4.29. The predicted molar refractivity (Wildman–Crippen MR) is 83.0 cm³/mol. The van der Waals surface area contributed by atoms with E-state index in [1.165, 1.54) is 0 Å². The van der Waals surface area contributed by atoms with Gasteiger partial charge in [0.15, 0.2) is 5.82 Å². The summed E-state index contributed by atoms with van der Waals surface area (Å²) in [6.07, 6.45) is 0. The first-order chi connectivity index (χ1) is 11.1. The van der Waals surface area contributed by atoms with Crippen molar-refractivity contribution in [1.29, 1.82) is 0 Å². The van der Waals surface area contributed by atoms with E-state index in [0.29, 0.717) is 38.0 Å². The molecule has 2 heterocycles. The van der Waals surface area contributed by atoms with Crippen molar-refractivity contribution in [2.75, 3.05) is 19.8 Å². The summed E-state index contributed by atoms with van der Waals surface area (Å²) in [4.78, 5) is 12.6. The average molecular weight is 316 g/mol. The molecular weight excluding hydrogens is 296 g/mol. The molecule has 7 heteroatoms. The number of hydrogen-bond acceptors (Lipinski definition) is 5. The summed E-state index contributed by atoms with van der Waals surface area (Å²) in [6, 6.07) is 9.50. The Morgan fingerprint density at radius 3 is 2.96 bits per heavy atom. The highest BCUT2D eigenvalue weighted by molar-refractivity contribution is 5.84. The van der Waals surface area contributed by atoms with Gasteiger partial charge in [0.2, 0.25) is 5.91 Å². The second-order valence-corrected chi connectivity index (χ2v) is 5.68. The van der Waals surface area contributed by atoms with Gasteiger partial charge in [-0.15, -0.1) is 10.2 Å². The number of aromatic nitrogens is 3. The Morgan fingerprint density at radius 2 is 2.17 bits per heavy atom. The minimum absolute atomic E-state index is 0.127. The van der Waals surface area contributed by atoms with E-state index in [4.69, 9.17) is 9.47 Å². The lowest BCUT2D eigenvalue weighted by molar-refractivity contribution is -0.135. The molecule has 1 aliphatic heterocycles. The Labute approximate surface area is 134 Å². The fourth-order valence-corrected chi connectivity index (χ4v) is 2.75. The van der Waals surface area contributed by atoms with E-state index in [2.05, 4.69) is 15.5 Å². The van der Waals surface area contributed by atoms with Crippen LogP contribution in [0.5, 0.6) is 5.75 Å². The number of para-hydroxylation sites is 1. The number of amides is 1. The monoisotopic (exact) mass is 316 g/mol. The van der Waals surface area contributed by atoms with E-state index in [-0.39, 0.29) is 5.91 Å². The molecule has 0 spiro atoms. The molecule has 1 atom stereocenters. The van der Waals surface area contributed by atoms with Crippen LogP contribution in [0.2, 0.25) is 0 Å². The molecule has 1 aliphatic rings. The standard InChI is InChI=1S/C16H20N4O3/c1-12-18-19-14-10-22-11-16(2,20(12)14)15(21)17-8-9-23-13-6-4-3-5-7-13/h3-7H,8-11H2,1-2H3,(H,17,21). The second kappa shape index (κ2) is 6.37. The first-order valence-electron chi connectivity index (χ1n) is 7.56. The van der Waals surface area contributed by atoms with E-state index >= 15 is 0 Å². The van der Waals surface area contributed by atoms with E-state index in [0.717, 1.165) is 5.75 Å². The molecule has 23 heavy (non-hydrogen) atoms. The van der Waals surface area contributed by atoms with Crippen molar-refractivity contribution in [1.82, 2.24) is 20.1 Å². The van der Waals surface area contributed by atoms with Crippen LogP contribution in [0.15, 0.2) is 30.3 Å². The summed E-state index contributed by atoms with van der Waals surface area (Å²) in [6.45, 7) is 5.16. The Morgan fingerprint density at radius 1 is 1.39 bits per heavy atom. The van der Waals surface area contributed by atoms with Crippen LogP contribution < -0.4 is 10.1 Å². The molecule has 0 aliphatic carbocycles. The van der Waals surface area contributed by atoms with Gasteiger partial charge in [0.1, 0.15) is 30.3 Å². The average Bonchev–Trinajstić information content (AvgIpc) is 2.95. The number of fused-ring (bicyclic) bond motifs is 1. The van der Waals surface area contributed by atoms with Crippen LogP contribution in [0.3, 0.4) is 0 Å². The summed E-state index contributed by atoms with van der Waals surface area (Å²) in [7, 11) is 0. The minimum atomic E-state index is -0.839. The SMILES string of the molecule is Cc1nnc2n1C(C)(C(=O)NCCOc1ccccc1)COC2. The summed E-state index contributed by atoms with van der Waals surface area (Å²) in [5, 5.41) is 11.0. The third-order valence-corrected chi connectivity index (χ3v) is 3.89. The topological polar surface area (TPSA) is 78.3 Å². The third kappa shape index (κ3) is 3.05. The number of benzene rings is 1. The summed E-state index contributed by atoms with van der Waals surface area (Å²) in [5.41, 5.74) is -0.839. The molecule has 2 aromatic rings. The van der Waals surface area contributed by atoms with Gasteiger partial charge in [0.25, 0.3) is 0 Å². The second-order valence-electron chi connectivity index (χ2n) is 5.68. The zero-order valence-corrected chi connectivity index (χ0v) is 13.3. The van der Waals surface area contributed by atoms with Crippen LogP contribution in [0.4, 0.5) is 0 Å². The van der Waals surface area contributed by atoms with Crippen molar-refractivity contribution in [3.63, 3.8) is 0 Å². The molecule has 0 saturated heterocycles. The normalized spacial score (nSPS) is 19.9. The number of hydrogen-bond donors (Lipinski definition) is 1. The maximum absolute atomic E-state index is 12.6. The van der Waals surface area contributed by atoms with Gasteiger partial charge in [-0.1, -0.05) is 18.2 Å². The Balaban J connectivity index is 1.59. The zero-order chi connectivity index (χ0) is 16.3. The molecule has 1 amide bonds. The van der Waals surface area contributed by atoms with Gasteiger partial charge < -0.3 is 14.8 Å². The number of nitrogens with zero attached hydrogens (tertiary/aromatic N) is 3. The van der Waals surface area contributed by atoms with Crippen molar-refractivity contribution >= 4 is 5.91 Å². The fourth-order valence-electron chi connectivity index (χ4n) is 2.75. The van der Waals surface area contributed by atoms with Gasteiger partial charge in [-0.3, -0.25) is 9.36 Å². The van der Waals surface area contributed by atoms with Gasteiger partial charge in [-0.05, 0) is 26.0 Å². The van der Waals surface area contributed by atoms with Crippen LogP contribution >= 0.6 is 0 Å². The summed E-state index contributed by atoms with van der Waals surface area (Å²) in [5.74, 6) is 2.04. The minimum Gasteiger partial charge on any atom is -0.492 e. The molecule has 1 unspecified atom stereocenters. The van der Waals surface area contributed by atoms with Gasteiger partial charge in [0.05, 0.1) is 13.2 Å². The molecule has 1 N–H and O–H groups in total. The van der Waals surface area contributed by atoms with Crippen molar-refractivity contribution in [2.45, 2.75) is 26.0 Å². The van der Waals surface area contributed by atoms with Crippen LogP contribution in [0.1, 0.15) is 18.6 Å². The third-order valence-electron chi connectivity index (χ3n) is 3.89. The highest BCUT2D eigenvalue weighted by Gasteiger charge is 2.41. The van der Waals surface area contributed by atoms with E-state index < -0.39 is 5.54 Å². The van der Waals surface area contributed by atoms with Crippen LogP contribution in [0.25, 0.3) is 0 Å². The zero-order valence-electron chi connectivity index (χ0n) is 13.3. The predicted octanol–water partition coefficient (Wildman–Crippen LogP) is 1.03. The molecule has 1 aromatic carbocycles. The summed E-state index contributed by atoms with van der Waals surface area (Å²) < 4.78 is 12.9. The fraction of sp³-hybridized carbons (Fsp3) is 0.438. The van der Waals surface area contributed by atoms with Crippen LogP contribution in [-0.2, 0) is 21.7 Å². The van der Waals surface area contributed by atoms with Gasteiger partial charge >= 0.3 is 0 Å². The highest BCUT2D eigenvalue weighted by Crippen LogP contribution is 2.25. The first kappa shape index (κ1) is 15.5. The molecule has 0 bridgehead atoms. The smallest absolute Gasteiger partial charge is 0.248 e. The van der Waals surface area contributed by atoms with Crippen molar-refractivity contribution in [3.8, 4) is 5.75 Å². The number of aryl methyl sites for hydroxylation is 1. The van der Waals surface area contributed by atoms with Gasteiger partial charge in [-0.2, -0.15) is 0 Å². The number of nitrogens with one attached hydrogen (secondary N) is 1.